The predicted molar refractivity (Wildman–Crippen MR) is 141 cm³/mol. The minimum Gasteiger partial charge on any atom is -0.466 e. The summed E-state index contributed by atoms with van der Waals surface area (Å²) in [6.45, 7) is 1.77. The SMILES string of the molecule is COC(=O)C1=C(C(=O)OC)N(c2cccc(NC(=O)C3CCCC3)c2C)C(N)=C(C#N)C1c1ccccc1. The molecule has 2 aliphatic rings. The monoisotopic (exact) mass is 514 g/mol. The Balaban J connectivity index is 1.93. The molecule has 9 nitrogen and oxygen atoms in total. The Morgan fingerprint density at radius 3 is 2.26 bits per heavy atom. The molecule has 1 atom stereocenters. The lowest BCUT2D eigenvalue weighted by atomic mass is 9.80. The summed E-state index contributed by atoms with van der Waals surface area (Å²) in [6.07, 6.45) is 3.73. The van der Waals surface area contributed by atoms with Crippen LogP contribution >= 0.6 is 0 Å². The smallest absolute Gasteiger partial charge is 0.355 e. The van der Waals surface area contributed by atoms with Gasteiger partial charge in [0.25, 0.3) is 0 Å². The predicted octanol–water partition coefficient (Wildman–Crippen LogP) is 4.02. The van der Waals surface area contributed by atoms with Crippen molar-refractivity contribution < 1.29 is 23.9 Å². The average molecular weight is 515 g/mol. The van der Waals surface area contributed by atoms with Crippen LogP contribution in [-0.2, 0) is 23.9 Å². The molecular formula is C29H30N4O5. The highest BCUT2D eigenvalue weighted by atomic mass is 16.5. The number of allylic oxidation sites excluding steroid dienone is 1. The minimum absolute atomic E-state index is 0.0308. The van der Waals surface area contributed by atoms with E-state index in [9.17, 15) is 19.6 Å². The van der Waals surface area contributed by atoms with Crippen molar-refractivity contribution >= 4 is 29.2 Å². The zero-order chi connectivity index (χ0) is 27.4. The lowest BCUT2D eigenvalue weighted by Crippen LogP contribution is -2.41. The lowest BCUT2D eigenvalue weighted by molar-refractivity contribution is -0.139. The number of nitrogens with two attached hydrogens (primary N) is 1. The third kappa shape index (κ3) is 4.73. The van der Waals surface area contributed by atoms with E-state index in [4.69, 9.17) is 15.2 Å². The fraction of sp³-hybridized carbons (Fsp3) is 0.310. The molecule has 1 amide bonds. The van der Waals surface area contributed by atoms with Gasteiger partial charge >= 0.3 is 11.9 Å². The average Bonchev–Trinajstić information content (AvgIpc) is 3.49. The van der Waals surface area contributed by atoms with E-state index in [0.29, 0.717) is 22.5 Å². The molecule has 0 spiro atoms. The molecule has 0 saturated heterocycles. The number of nitriles is 1. The molecular weight excluding hydrogens is 484 g/mol. The Labute approximate surface area is 221 Å². The highest BCUT2D eigenvalue weighted by molar-refractivity contribution is 6.07. The summed E-state index contributed by atoms with van der Waals surface area (Å²) >= 11 is 0. The van der Waals surface area contributed by atoms with E-state index >= 15 is 0 Å². The van der Waals surface area contributed by atoms with Crippen LogP contribution < -0.4 is 16.0 Å². The Kier molecular flexibility index (Phi) is 7.82. The second kappa shape index (κ2) is 11.2. The number of benzene rings is 2. The van der Waals surface area contributed by atoms with Crippen molar-refractivity contribution in [1.29, 1.82) is 5.26 Å². The molecule has 4 rings (SSSR count). The molecule has 1 unspecified atom stereocenters. The van der Waals surface area contributed by atoms with Gasteiger partial charge in [0.2, 0.25) is 5.91 Å². The van der Waals surface area contributed by atoms with Crippen LogP contribution in [0.2, 0.25) is 0 Å². The standard InChI is InChI=1S/C29H30N4O5/c1-17-21(32-27(34)19-12-7-8-13-19)14-9-15-22(17)33-25(29(36)38-3)24(28(35)37-2)23(20(16-30)26(33)31)18-10-5-4-6-11-18/h4-6,9-11,14-15,19,23H,7-8,12-13,31H2,1-3H3,(H,32,34). The van der Waals surface area contributed by atoms with Crippen molar-refractivity contribution in [2.24, 2.45) is 11.7 Å². The quantitative estimate of drug-likeness (QED) is 0.552. The number of anilines is 2. The number of ether oxygens (including phenoxy) is 2. The maximum atomic E-state index is 13.3. The molecule has 1 aliphatic carbocycles. The molecule has 0 radical (unpaired) electrons. The van der Waals surface area contributed by atoms with Crippen molar-refractivity contribution in [2.45, 2.75) is 38.5 Å². The van der Waals surface area contributed by atoms with Crippen LogP contribution in [0.5, 0.6) is 0 Å². The Hall–Kier alpha value is -4.58. The van der Waals surface area contributed by atoms with Gasteiger partial charge in [0.05, 0.1) is 43.0 Å². The number of amides is 1. The summed E-state index contributed by atoms with van der Waals surface area (Å²) in [5.41, 5.74) is 8.58. The number of methoxy groups -OCH3 is 2. The maximum absolute atomic E-state index is 13.3. The molecule has 1 aliphatic heterocycles. The van der Waals surface area contributed by atoms with Gasteiger partial charge in [-0.05, 0) is 43.0 Å². The second-order valence-electron chi connectivity index (χ2n) is 9.26. The van der Waals surface area contributed by atoms with E-state index in [-0.39, 0.29) is 34.5 Å². The van der Waals surface area contributed by atoms with Crippen LogP contribution in [0.4, 0.5) is 11.4 Å². The zero-order valence-electron chi connectivity index (χ0n) is 21.6. The molecule has 3 N–H and O–H groups in total. The molecule has 1 heterocycles. The van der Waals surface area contributed by atoms with Gasteiger partial charge in [-0.1, -0.05) is 49.2 Å². The van der Waals surface area contributed by atoms with E-state index < -0.39 is 17.9 Å². The molecule has 2 aromatic carbocycles. The number of hydrogen-bond donors (Lipinski definition) is 2. The Morgan fingerprint density at radius 2 is 1.66 bits per heavy atom. The molecule has 9 heteroatoms. The minimum atomic E-state index is -0.954. The van der Waals surface area contributed by atoms with Crippen molar-refractivity contribution in [3.63, 3.8) is 0 Å². The van der Waals surface area contributed by atoms with Crippen LogP contribution in [0.25, 0.3) is 0 Å². The van der Waals surface area contributed by atoms with Crippen LogP contribution in [0.15, 0.2) is 71.2 Å². The van der Waals surface area contributed by atoms with E-state index in [1.54, 1.807) is 55.5 Å². The number of esters is 2. The summed E-state index contributed by atoms with van der Waals surface area (Å²) in [6, 6.07) is 16.1. The number of nitrogens with one attached hydrogen (secondary N) is 1. The first kappa shape index (κ1) is 26.5. The molecule has 38 heavy (non-hydrogen) atoms. The Bertz CT molecular complexity index is 1370. The van der Waals surface area contributed by atoms with Crippen LogP contribution in [-0.4, -0.2) is 32.1 Å². The number of carbonyl (C=O) groups excluding carboxylic acids is 3. The van der Waals surface area contributed by atoms with E-state index in [0.717, 1.165) is 25.7 Å². The molecule has 2 aromatic rings. The number of rotatable bonds is 6. The van der Waals surface area contributed by atoms with Crippen molar-refractivity contribution in [1.82, 2.24) is 0 Å². The fourth-order valence-corrected chi connectivity index (χ4v) is 5.19. The summed E-state index contributed by atoms with van der Waals surface area (Å²) in [4.78, 5) is 40.7. The summed E-state index contributed by atoms with van der Waals surface area (Å²) in [5, 5.41) is 13.2. The van der Waals surface area contributed by atoms with Gasteiger partial charge in [0, 0.05) is 11.6 Å². The number of carbonyl (C=O) groups is 3. The maximum Gasteiger partial charge on any atom is 0.355 e. The van der Waals surface area contributed by atoms with Gasteiger partial charge in [0.15, 0.2) is 0 Å². The largest absolute Gasteiger partial charge is 0.466 e. The molecule has 0 bridgehead atoms. The topological polar surface area (TPSA) is 135 Å². The molecule has 1 fully saturated rings. The van der Waals surface area contributed by atoms with Crippen molar-refractivity contribution in [3.8, 4) is 6.07 Å². The fourth-order valence-electron chi connectivity index (χ4n) is 5.19. The van der Waals surface area contributed by atoms with E-state index in [1.807, 2.05) is 0 Å². The van der Waals surface area contributed by atoms with Crippen molar-refractivity contribution in [2.75, 3.05) is 24.4 Å². The highest BCUT2D eigenvalue weighted by Crippen LogP contribution is 2.44. The lowest BCUT2D eigenvalue weighted by Gasteiger charge is -2.36. The van der Waals surface area contributed by atoms with E-state index in [2.05, 4.69) is 11.4 Å². The molecule has 196 valence electrons. The first-order valence-electron chi connectivity index (χ1n) is 12.4. The third-order valence-corrected chi connectivity index (χ3v) is 7.14. The van der Waals surface area contributed by atoms with Crippen LogP contribution in [0, 0.1) is 24.2 Å². The van der Waals surface area contributed by atoms with Crippen molar-refractivity contribution in [3.05, 3.63) is 82.3 Å². The van der Waals surface area contributed by atoms with Crippen LogP contribution in [0.3, 0.4) is 0 Å². The van der Waals surface area contributed by atoms with Gasteiger partial charge in [-0.15, -0.1) is 0 Å². The number of hydrogen-bond acceptors (Lipinski definition) is 8. The van der Waals surface area contributed by atoms with Gasteiger partial charge in [-0.3, -0.25) is 9.69 Å². The Morgan fingerprint density at radius 1 is 1.00 bits per heavy atom. The summed E-state index contributed by atoms with van der Waals surface area (Å²) in [7, 11) is 2.40. The normalized spacial score (nSPS) is 17.7. The molecule has 0 aromatic heterocycles. The van der Waals surface area contributed by atoms with Gasteiger partial charge in [-0.2, -0.15) is 5.26 Å². The van der Waals surface area contributed by atoms with E-state index in [1.165, 1.54) is 19.1 Å². The van der Waals surface area contributed by atoms with Crippen LogP contribution in [0.1, 0.15) is 42.7 Å². The summed E-state index contributed by atoms with van der Waals surface area (Å²) in [5.74, 6) is -2.72. The van der Waals surface area contributed by atoms with Gasteiger partial charge in [-0.25, -0.2) is 9.59 Å². The third-order valence-electron chi connectivity index (χ3n) is 7.14. The molecule has 1 saturated carbocycles. The highest BCUT2D eigenvalue weighted by Gasteiger charge is 2.43. The second-order valence-corrected chi connectivity index (χ2v) is 9.26. The number of nitrogens with zero attached hydrogens (tertiary/aromatic N) is 2. The van der Waals surface area contributed by atoms with Gasteiger partial charge in [0.1, 0.15) is 11.5 Å². The first-order valence-corrected chi connectivity index (χ1v) is 12.4. The van der Waals surface area contributed by atoms with Gasteiger partial charge < -0.3 is 20.5 Å². The summed E-state index contributed by atoms with van der Waals surface area (Å²) < 4.78 is 10.2. The first-order chi connectivity index (χ1) is 18.3. The zero-order valence-corrected chi connectivity index (χ0v) is 21.6.